The molecule has 0 aromatic heterocycles. The van der Waals surface area contributed by atoms with Gasteiger partial charge in [0.25, 0.3) is 0 Å². The smallest absolute Gasteiger partial charge is 0.169 e. The van der Waals surface area contributed by atoms with E-state index in [1.807, 2.05) is 0 Å². The second kappa shape index (κ2) is 6.52. The second-order valence-corrected chi connectivity index (χ2v) is 4.95. The maximum absolute atomic E-state index is 13.8. The number of hydrogen-bond donors (Lipinski definition) is 0. The van der Waals surface area contributed by atoms with Gasteiger partial charge in [-0.3, -0.25) is 0 Å². The number of benzene rings is 2. The van der Waals surface area contributed by atoms with Crippen molar-refractivity contribution in [3.05, 3.63) is 63.7 Å². The molecule has 0 heterocycles. The van der Waals surface area contributed by atoms with Gasteiger partial charge < -0.3 is 0 Å². The van der Waals surface area contributed by atoms with Gasteiger partial charge in [0.15, 0.2) is 30.5 Å². The normalized spacial score (nSPS) is 11.3. The SMILES string of the molecule is CBc1cc(F)c(/C=C/c2c(F)c(F)c(C)c(F)c2F)c(F)c1. The standard InChI is InChI=1S/C16H11BF6/c1-7-13(20)15(22)10(16(23)14(7)21)4-3-9-11(18)5-8(17-2)6-12(9)19/h3-6,17H,1-2H3/b4-3+. The Morgan fingerprint density at radius 3 is 1.61 bits per heavy atom. The maximum Gasteiger partial charge on any atom is 0.169 e. The second-order valence-electron chi connectivity index (χ2n) is 4.95. The van der Waals surface area contributed by atoms with Gasteiger partial charge in [-0.1, -0.05) is 12.3 Å². The molecule has 0 N–H and O–H groups in total. The molecule has 2 rings (SSSR count). The molecule has 0 bridgehead atoms. The molecule has 0 atom stereocenters. The number of halogens is 6. The van der Waals surface area contributed by atoms with Crippen molar-refractivity contribution in [2.75, 3.05) is 0 Å². The van der Waals surface area contributed by atoms with Crippen molar-refractivity contribution in [3.8, 4) is 0 Å². The first-order chi connectivity index (χ1) is 10.8. The van der Waals surface area contributed by atoms with E-state index in [9.17, 15) is 26.3 Å². The van der Waals surface area contributed by atoms with Crippen molar-refractivity contribution in [1.29, 1.82) is 0 Å². The Kier molecular flexibility index (Phi) is 4.87. The zero-order valence-corrected chi connectivity index (χ0v) is 12.3. The summed E-state index contributed by atoms with van der Waals surface area (Å²) in [4.78, 5) is 0. The first-order valence-electron chi connectivity index (χ1n) is 6.76. The average molecular weight is 328 g/mol. The summed E-state index contributed by atoms with van der Waals surface area (Å²) in [5.41, 5.74) is -1.99. The third-order valence-electron chi connectivity index (χ3n) is 3.48. The molecule has 2 aromatic carbocycles. The highest BCUT2D eigenvalue weighted by Crippen LogP contribution is 2.25. The molecule has 23 heavy (non-hydrogen) atoms. The van der Waals surface area contributed by atoms with Crippen LogP contribution in [0.15, 0.2) is 12.1 Å². The van der Waals surface area contributed by atoms with Crippen LogP contribution in [0.1, 0.15) is 16.7 Å². The van der Waals surface area contributed by atoms with Gasteiger partial charge in [-0.2, -0.15) is 0 Å². The van der Waals surface area contributed by atoms with E-state index >= 15 is 0 Å². The quantitative estimate of drug-likeness (QED) is 0.344. The van der Waals surface area contributed by atoms with Crippen LogP contribution in [0.3, 0.4) is 0 Å². The van der Waals surface area contributed by atoms with E-state index in [4.69, 9.17) is 0 Å². The Morgan fingerprint density at radius 2 is 1.17 bits per heavy atom. The molecule has 0 unspecified atom stereocenters. The summed E-state index contributed by atoms with van der Waals surface area (Å²) in [6.45, 7) is 2.58. The van der Waals surface area contributed by atoms with Crippen molar-refractivity contribution in [2.45, 2.75) is 13.7 Å². The van der Waals surface area contributed by atoms with E-state index in [1.165, 1.54) is 0 Å². The summed E-state index contributed by atoms with van der Waals surface area (Å²) in [5.74, 6) is -8.22. The molecule has 0 radical (unpaired) electrons. The first kappa shape index (κ1) is 17.2. The minimum Gasteiger partial charge on any atom is -0.206 e. The minimum atomic E-state index is -1.62. The van der Waals surface area contributed by atoms with E-state index < -0.39 is 51.6 Å². The Morgan fingerprint density at radius 1 is 0.739 bits per heavy atom. The zero-order chi connectivity index (χ0) is 17.3. The molecule has 0 saturated heterocycles. The van der Waals surface area contributed by atoms with Crippen molar-refractivity contribution in [2.24, 2.45) is 0 Å². The summed E-state index contributed by atoms with van der Waals surface area (Å²) in [6.07, 6.45) is 1.34. The van der Waals surface area contributed by atoms with E-state index in [-0.39, 0.29) is 0 Å². The fraction of sp³-hybridized carbons (Fsp3) is 0.125. The Hall–Kier alpha value is -2.18. The predicted octanol–water partition coefficient (Wildman–Crippen LogP) is 4.11. The number of rotatable bonds is 3. The van der Waals surface area contributed by atoms with Crippen LogP contribution >= 0.6 is 0 Å². The third kappa shape index (κ3) is 3.13. The Labute approximate surface area is 129 Å². The molecule has 0 aliphatic rings. The molecule has 0 aliphatic heterocycles. The van der Waals surface area contributed by atoms with Gasteiger partial charge in [-0.25, -0.2) is 26.3 Å². The van der Waals surface area contributed by atoms with Crippen molar-refractivity contribution in [1.82, 2.24) is 0 Å². The van der Waals surface area contributed by atoms with Gasteiger partial charge >= 0.3 is 0 Å². The average Bonchev–Trinajstić information content (AvgIpc) is 2.52. The van der Waals surface area contributed by atoms with E-state index in [2.05, 4.69) is 0 Å². The minimum absolute atomic E-state index is 0.398. The zero-order valence-electron chi connectivity index (χ0n) is 12.3. The van der Waals surface area contributed by atoms with Gasteiger partial charge in [0.1, 0.15) is 11.6 Å². The van der Waals surface area contributed by atoms with Crippen LogP contribution in [-0.2, 0) is 0 Å². The highest BCUT2D eigenvalue weighted by molar-refractivity contribution is 6.51. The summed E-state index contributed by atoms with van der Waals surface area (Å²) >= 11 is 0. The molecule has 0 amide bonds. The summed E-state index contributed by atoms with van der Waals surface area (Å²) in [6, 6.07) is 2.15. The topological polar surface area (TPSA) is 0 Å². The highest BCUT2D eigenvalue weighted by Gasteiger charge is 2.21. The molecule has 2 aromatic rings. The van der Waals surface area contributed by atoms with Gasteiger partial charge in [0.2, 0.25) is 0 Å². The Bertz CT molecular complexity index is 746. The first-order valence-corrected chi connectivity index (χ1v) is 6.76. The molecule has 120 valence electrons. The van der Waals surface area contributed by atoms with Crippen LogP contribution in [0, 0.1) is 41.8 Å². The fourth-order valence-electron chi connectivity index (χ4n) is 2.07. The van der Waals surface area contributed by atoms with Crippen molar-refractivity contribution in [3.63, 3.8) is 0 Å². The molecule has 0 aliphatic carbocycles. The van der Waals surface area contributed by atoms with Crippen LogP contribution in [0.25, 0.3) is 12.2 Å². The molecular formula is C16H11BF6. The van der Waals surface area contributed by atoms with Crippen LogP contribution in [0.4, 0.5) is 26.3 Å². The fourth-order valence-corrected chi connectivity index (χ4v) is 2.07. The molecule has 0 spiro atoms. The predicted molar refractivity (Wildman–Crippen MR) is 78.9 cm³/mol. The lowest BCUT2D eigenvalue weighted by Gasteiger charge is -2.07. The van der Waals surface area contributed by atoms with Crippen LogP contribution < -0.4 is 5.46 Å². The van der Waals surface area contributed by atoms with E-state index in [1.54, 1.807) is 6.82 Å². The Balaban J connectivity index is 2.55. The van der Waals surface area contributed by atoms with Gasteiger partial charge in [-0.05, 0) is 31.2 Å². The third-order valence-corrected chi connectivity index (χ3v) is 3.48. The number of hydrogen-bond acceptors (Lipinski definition) is 0. The van der Waals surface area contributed by atoms with Crippen LogP contribution in [-0.4, -0.2) is 7.28 Å². The lowest BCUT2D eigenvalue weighted by Crippen LogP contribution is -2.13. The van der Waals surface area contributed by atoms with Gasteiger partial charge in [0.05, 0.1) is 5.56 Å². The summed E-state index contributed by atoms with van der Waals surface area (Å²) in [5, 5.41) is 0. The van der Waals surface area contributed by atoms with E-state index in [0.717, 1.165) is 25.1 Å². The highest BCUT2D eigenvalue weighted by atomic mass is 19.2. The maximum atomic E-state index is 13.8. The van der Waals surface area contributed by atoms with Crippen LogP contribution in [0.2, 0.25) is 6.82 Å². The molecular weight excluding hydrogens is 317 g/mol. The summed E-state index contributed by atoms with van der Waals surface area (Å²) < 4.78 is 81.9. The summed E-state index contributed by atoms with van der Waals surface area (Å²) in [7, 11) is 0.398. The monoisotopic (exact) mass is 328 g/mol. The van der Waals surface area contributed by atoms with E-state index in [0.29, 0.717) is 18.8 Å². The molecule has 0 fully saturated rings. The molecule has 0 saturated carbocycles. The van der Waals surface area contributed by atoms with Crippen LogP contribution in [0.5, 0.6) is 0 Å². The van der Waals surface area contributed by atoms with Gasteiger partial charge in [-0.15, -0.1) is 0 Å². The lowest BCUT2D eigenvalue weighted by molar-refractivity contribution is 0.442. The van der Waals surface area contributed by atoms with Crippen molar-refractivity contribution < 1.29 is 26.3 Å². The van der Waals surface area contributed by atoms with Crippen molar-refractivity contribution >= 4 is 24.9 Å². The lowest BCUT2D eigenvalue weighted by atomic mass is 9.73. The van der Waals surface area contributed by atoms with Gasteiger partial charge in [0, 0.05) is 11.1 Å². The molecule has 7 heteroatoms. The largest absolute Gasteiger partial charge is 0.206 e. The molecule has 0 nitrogen and oxygen atoms in total.